The molecule has 0 fully saturated rings. The number of benzene rings is 4. The summed E-state index contributed by atoms with van der Waals surface area (Å²) in [6, 6.07) is 28.2. The minimum Gasteiger partial charge on any atom is -0.480 e. The van der Waals surface area contributed by atoms with Crippen molar-refractivity contribution in [2.45, 2.75) is 26.3 Å². The van der Waals surface area contributed by atoms with E-state index in [1.165, 1.54) is 9.80 Å². The summed E-state index contributed by atoms with van der Waals surface area (Å²) in [5, 5.41) is 12.3. The molecule has 1 heterocycles. The zero-order valence-electron chi connectivity index (χ0n) is 22.7. The van der Waals surface area contributed by atoms with Crippen molar-refractivity contribution in [2.24, 2.45) is 0 Å². The van der Waals surface area contributed by atoms with Crippen molar-refractivity contribution in [3.63, 3.8) is 0 Å². The molecule has 0 bridgehead atoms. The van der Waals surface area contributed by atoms with Crippen LogP contribution in [0.4, 0.5) is 17.1 Å². The lowest BCUT2D eigenvalue weighted by Crippen LogP contribution is -2.39. The average molecular weight is 548 g/mol. The summed E-state index contributed by atoms with van der Waals surface area (Å²) in [7, 11) is 0. The molecule has 1 aliphatic rings. The number of para-hydroxylation sites is 2. The molecule has 8 nitrogen and oxygen atoms in total. The Kier molecular flexibility index (Phi) is 7.65. The van der Waals surface area contributed by atoms with E-state index in [1.54, 1.807) is 61.5 Å². The molecule has 0 spiro atoms. The number of rotatable bonds is 6. The Morgan fingerprint density at radius 1 is 0.854 bits per heavy atom. The molecule has 3 amide bonds. The lowest BCUT2D eigenvalue weighted by Gasteiger charge is -2.28. The van der Waals surface area contributed by atoms with Crippen LogP contribution in [-0.2, 0) is 9.59 Å². The maximum absolute atomic E-state index is 13.7. The van der Waals surface area contributed by atoms with Gasteiger partial charge in [0.15, 0.2) is 0 Å². The highest BCUT2D eigenvalue weighted by Crippen LogP contribution is 2.36. The normalized spacial score (nSPS) is 14.7. The van der Waals surface area contributed by atoms with Crippen LogP contribution < -0.4 is 15.1 Å². The van der Waals surface area contributed by atoms with Crippen LogP contribution in [0.2, 0.25) is 0 Å². The van der Waals surface area contributed by atoms with Gasteiger partial charge in [0.2, 0.25) is 5.91 Å². The Morgan fingerprint density at radius 3 is 2.17 bits per heavy atom. The van der Waals surface area contributed by atoms with E-state index in [1.807, 2.05) is 49.4 Å². The second-order valence-corrected chi connectivity index (χ2v) is 10.0. The maximum Gasteiger partial charge on any atom is 0.323 e. The molecule has 4 aromatic carbocycles. The summed E-state index contributed by atoms with van der Waals surface area (Å²) in [5.74, 6) is -2.11. The number of carbonyl (C=O) groups is 4. The van der Waals surface area contributed by atoms with Gasteiger partial charge in [-0.15, -0.1) is 0 Å². The number of anilines is 3. The van der Waals surface area contributed by atoms with Crippen LogP contribution in [0.1, 0.15) is 39.6 Å². The van der Waals surface area contributed by atoms with Gasteiger partial charge in [-0.2, -0.15) is 0 Å². The lowest BCUT2D eigenvalue weighted by molar-refractivity contribution is -0.136. The minimum absolute atomic E-state index is 0.0256. The minimum atomic E-state index is -1.14. The summed E-state index contributed by atoms with van der Waals surface area (Å²) >= 11 is 0. The smallest absolute Gasteiger partial charge is 0.323 e. The van der Waals surface area contributed by atoms with Crippen LogP contribution in [0.3, 0.4) is 0 Å². The monoisotopic (exact) mass is 547 g/mol. The molecule has 0 aliphatic carbocycles. The molecule has 2 N–H and O–H groups in total. The first kappa shape index (κ1) is 27.3. The van der Waals surface area contributed by atoms with Crippen molar-refractivity contribution in [1.82, 2.24) is 0 Å². The van der Waals surface area contributed by atoms with Crippen molar-refractivity contribution in [1.29, 1.82) is 0 Å². The Balaban J connectivity index is 1.38. The molecule has 0 saturated carbocycles. The van der Waals surface area contributed by atoms with E-state index in [0.29, 0.717) is 28.2 Å². The van der Waals surface area contributed by atoms with E-state index >= 15 is 0 Å². The largest absolute Gasteiger partial charge is 0.480 e. The molecule has 1 aliphatic heterocycles. The van der Waals surface area contributed by atoms with Gasteiger partial charge in [0.1, 0.15) is 6.54 Å². The van der Waals surface area contributed by atoms with Gasteiger partial charge in [-0.3, -0.25) is 24.1 Å². The van der Waals surface area contributed by atoms with Gasteiger partial charge in [0.25, 0.3) is 11.8 Å². The number of carboxylic acid groups (broad SMARTS) is 1. The first-order valence-electron chi connectivity index (χ1n) is 13.2. The SMILES string of the molecule is Cc1ccc(-c2ccccc2C(=O)Nc2ccc(C(=O)N3c4ccccc4N(CC(=O)O)C(=O)CC3C)cc2)cc1. The number of carboxylic acids is 1. The number of fused-ring (bicyclic) bond motifs is 1. The van der Waals surface area contributed by atoms with Crippen molar-refractivity contribution in [3.8, 4) is 11.1 Å². The third-order valence-corrected chi connectivity index (χ3v) is 7.08. The first-order valence-corrected chi connectivity index (χ1v) is 13.2. The number of hydrogen-bond acceptors (Lipinski definition) is 4. The Morgan fingerprint density at radius 2 is 1.49 bits per heavy atom. The van der Waals surface area contributed by atoms with Gasteiger partial charge in [-0.1, -0.05) is 60.2 Å². The van der Waals surface area contributed by atoms with E-state index in [0.717, 1.165) is 16.7 Å². The van der Waals surface area contributed by atoms with Crippen LogP contribution in [-0.4, -0.2) is 41.4 Å². The fraction of sp³-hybridized carbons (Fsp3) is 0.152. The zero-order chi connectivity index (χ0) is 29.1. The second-order valence-electron chi connectivity index (χ2n) is 10.0. The van der Waals surface area contributed by atoms with Gasteiger partial charge in [0.05, 0.1) is 11.4 Å². The summed E-state index contributed by atoms with van der Waals surface area (Å²) in [4.78, 5) is 54.1. The highest BCUT2D eigenvalue weighted by atomic mass is 16.4. The highest BCUT2D eigenvalue weighted by Gasteiger charge is 2.34. The summed E-state index contributed by atoms with van der Waals surface area (Å²) in [6.07, 6.45) is -0.0256. The van der Waals surface area contributed by atoms with Gasteiger partial charge in [-0.25, -0.2) is 0 Å². The second kappa shape index (κ2) is 11.5. The van der Waals surface area contributed by atoms with Gasteiger partial charge in [-0.05, 0) is 67.4 Å². The molecule has 1 atom stereocenters. The van der Waals surface area contributed by atoms with Crippen molar-refractivity contribution < 1.29 is 24.3 Å². The molecule has 206 valence electrons. The number of carbonyl (C=O) groups excluding carboxylic acids is 3. The number of aryl methyl sites for hydroxylation is 1. The number of nitrogens with zero attached hydrogens (tertiary/aromatic N) is 2. The van der Waals surface area contributed by atoms with E-state index < -0.39 is 18.6 Å². The van der Waals surface area contributed by atoms with Gasteiger partial charge in [0, 0.05) is 29.3 Å². The third-order valence-electron chi connectivity index (χ3n) is 7.08. The number of hydrogen-bond donors (Lipinski definition) is 2. The van der Waals surface area contributed by atoms with Crippen LogP contribution in [0, 0.1) is 6.92 Å². The number of amides is 3. The van der Waals surface area contributed by atoms with E-state index in [4.69, 9.17) is 0 Å². The van der Waals surface area contributed by atoms with E-state index in [-0.39, 0.29) is 24.1 Å². The van der Waals surface area contributed by atoms with Crippen LogP contribution in [0.5, 0.6) is 0 Å². The van der Waals surface area contributed by atoms with Crippen LogP contribution in [0.15, 0.2) is 97.1 Å². The standard InChI is InChI=1S/C33H29N3O5/c1-21-11-13-23(14-12-21)26-7-3-4-8-27(26)32(40)34-25-17-15-24(16-18-25)33(41)36-22(2)19-30(37)35(20-31(38)39)28-9-5-6-10-29(28)36/h3-18,22H,19-20H2,1-2H3,(H,34,40)(H,38,39). The lowest BCUT2D eigenvalue weighted by atomic mass is 9.98. The fourth-order valence-electron chi connectivity index (χ4n) is 5.04. The molecular formula is C33H29N3O5. The zero-order valence-corrected chi connectivity index (χ0v) is 22.7. The molecule has 41 heavy (non-hydrogen) atoms. The summed E-state index contributed by atoms with van der Waals surface area (Å²) in [5.41, 5.74) is 5.14. The van der Waals surface area contributed by atoms with Crippen LogP contribution in [0.25, 0.3) is 11.1 Å². The molecule has 1 unspecified atom stereocenters. The predicted molar refractivity (Wildman–Crippen MR) is 158 cm³/mol. The molecule has 0 radical (unpaired) electrons. The average Bonchev–Trinajstić information content (AvgIpc) is 3.06. The van der Waals surface area contributed by atoms with Gasteiger partial charge < -0.3 is 15.3 Å². The Bertz CT molecular complexity index is 1630. The topological polar surface area (TPSA) is 107 Å². The summed E-state index contributed by atoms with van der Waals surface area (Å²) < 4.78 is 0. The Labute approximate surface area is 237 Å². The van der Waals surface area contributed by atoms with Crippen LogP contribution >= 0.6 is 0 Å². The molecule has 4 aromatic rings. The molecule has 0 aromatic heterocycles. The quantitative estimate of drug-likeness (QED) is 0.319. The third kappa shape index (κ3) is 5.72. The molecule has 8 heteroatoms. The fourth-order valence-corrected chi connectivity index (χ4v) is 5.04. The van der Waals surface area contributed by atoms with E-state index in [2.05, 4.69) is 5.32 Å². The van der Waals surface area contributed by atoms with Gasteiger partial charge >= 0.3 is 5.97 Å². The Hall–Kier alpha value is -5.24. The van der Waals surface area contributed by atoms with Crippen molar-refractivity contribution in [3.05, 3.63) is 114 Å². The predicted octanol–water partition coefficient (Wildman–Crippen LogP) is 5.77. The van der Waals surface area contributed by atoms with Crippen molar-refractivity contribution in [2.75, 3.05) is 21.7 Å². The summed E-state index contributed by atoms with van der Waals surface area (Å²) in [6.45, 7) is 3.28. The molecular weight excluding hydrogens is 518 g/mol. The highest BCUT2D eigenvalue weighted by molar-refractivity contribution is 6.13. The van der Waals surface area contributed by atoms with Crippen molar-refractivity contribution >= 4 is 40.8 Å². The molecule has 5 rings (SSSR count). The number of nitrogens with one attached hydrogen (secondary N) is 1. The molecule has 0 saturated heterocycles. The number of aliphatic carboxylic acids is 1. The van der Waals surface area contributed by atoms with E-state index in [9.17, 15) is 24.3 Å². The maximum atomic E-state index is 13.7. The first-order chi connectivity index (χ1) is 19.7.